The largest absolute Gasteiger partial charge is 0.493 e. The standard InChI is InChI=1S/C19H25NO3S2/c1-25(21,22)20(17-7-2-3-8-17)15-16-6-4-9-18(14-16)23-12-11-19-10-5-13-24-19/h4-6,9-10,13-14,17H,2-3,7-8,11-12,15H2,1H3. The molecule has 0 bridgehead atoms. The molecule has 1 heterocycles. The van der Waals surface area contributed by atoms with E-state index in [4.69, 9.17) is 4.74 Å². The Morgan fingerprint density at radius 2 is 2.00 bits per heavy atom. The van der Waals surface area contributed by atoms with Crippen LogP contribution in [0.3, 0.4) is 0 Å². The quantitative estimate of drug-likeness (QED) is 0.694. The molecule has 1 aromatic carbocycles. The fourth-order valence-electron chi connectivity index (χ4n) is 3.35. The van der Waals surface area contributed by atoms with Gasteiger partial charge in [0.05, 0.1) is 12.9 Å². The summed E-state index contributed by atoms with van der Waals surface area (Å²) in [6.07, 6.45) is 6.35. The molecule has 25 heavy (non-hydrogen) atoms. The zero-order valence-electron chi connectivity index (χ0n) is 14.6. The van der Waals surface area contributed by atoms with Crippen molar-refractivity contribution in [3.63, 3.8) is 0 Å². The highest BCUT2D eigenvalue weighted by molar-refractivity contribution is 7.88. The zero-order valence-corrected chi connectivity index (χ0v) is 16.2. The predicted octanol–water partition coefficient (Wildman–Crippen LogP) is 4.07. The maximum absolute atomic E-state index is 12.2. The molecule has 1 fully saturated rings. The van der Waals surface area contributed by atoms with E-state index >= 15 is 0 Å². The van der Waals surface area contributed by atoms with E-state index in [1.807, 2.05) is 30.3 Å². The fraction of sp³-hybridized carbons (Fsp3) is 0.474. The highest BCUT2D eigenvalue weighted by Crippen LogP contribution is 2.27. The Kier molecular flexibility index (Phi) is 6.15. The van der Waals surface area contributed by atoms with Crippen LogP contribution in [0, 0.1) is 0 Å². The van der Waals surface area contributed by atoms with E-state index in [-0.39, 0.29) is 6.04 Å². The van der Waals surface area contributed by atoms with Crippen molar-refractivity contribution in [3.05, 3.63) is 52.2 Å². The third kappa shape index (κ3) is 5.30. The Morgan fingerprint density at radius 3 is 2.68 bits per heavy atom. The molecule has 0 amide bonds. The Bertz CT molecular complexity index is 766. The highest BCUT2D eigenvalue weighted by atomic mass is 32.2. The molecule has 4 nitrogen and oxygen atoms in total. The molecule has 0 N–H and O–H groups in total. The minimum Gasteiger partial charge on any atom is -0.493 e. The number of thiophene rings is 1. The Balaban J connectivity index is 1.63. The van der Waals surface area contributed by atoms with Gasteiger partial charge >= 0.3 is 0 Å². The monoisotopic (exact) mass is 379 g/mol. The molecule has 1 saturated carbocycles. The average Bonchev–Trinajstić information content (AvgIpc) is 3.26. The molecule has 2 aromatic rings. The SMILES string of the molecule is CS(=O)(=O)N(Cc1cccc(OCCc2cccs2)c1)C1CCCC1. The summed E-state index contributed by atoms with van der Waals surface area (Å²) in [5.74, 6) is 0.800. The topological polar surface area (TPSA) is 46.6 Å². The molecule has 0 atom stereocenters. The van der Waals surface area contributed by atoms with Crippen molar-refractivity contribution in [1.29, 1.82) is 0 Å². The first-order valence-electron chi connectivity index (χ1n) is 8.73. The highest BCUT2D eigenvalue weighted by Gasteiger charge is 2.29. The van der Waals surface area contributed by atoms with Crippen LogP contribution < -0.4 is 4.74 Å². The summed E-state index contributed by atoms with van der Waals surface area (Å²) >= 11 is 1.73. The lowest BCUT2D eigenvalue weighted by molar-refractivity contribution is 0.312. The van der Waals surface area contributed by atoms with Gasteiger partial charge in [-0.05, 0) is 42.0 Å². The number of ether oxygens (including phenoxy) is 1. The molecule has 1 aromatic heterocycles. The second-order valence-electron chi connectivity index (χ2n) is 6.57. The van der Waals surface area contributed by atoms with Crippen LogP contribution in [0.1, 0.15) is 36.1 Å². The van der Waals surface area contributed by atoms with Crippen molar-refractivity contribution in [2.24, 2.45) is 0 Å². The Labute approximate surface area is 154 Å². The summed E-state index contributed by atoms with van der Waals surface area (Å²) in [7, 11) is -3.21. The molecule has 136 valence electrons. The van der Waals surface area contributed by atoms with E-state index in [1.54, 1.807) is 15.6 Å². The predicted molar refractivity (Wildman–Crippen MR) is 103 cm³/mol. The van der Waals surface area contributed by atoms with Crippen molar-refractivity contribution in [1.82, 2.24) is 4.31 Å². The van der Waals surface area contributed by atoms with Crippen molar-refractivity contribution >= 4 is 21.4 Å². The van der Waals surface area contributed by atoms with Crippen molar-refractivity contribution in [2.45, 2.75) is 44.7 Å². The first-order valence-corrected chi connectivity index (χ1v) is 11.5. The van der Waals surface area contributed by atoms with Crippen molar-refractivity contribution in [2.75, 3.05) is 12.9 Å². The van der Waals surface area contributed by atoms with Crippen LogP contribution in [-0.2, 0) is 23.0 Å². The number of sulfonamides is 1. The minimum absolute atomic E-state index is 0.137. The fourth-order valence-corrected chi connectivity index (χ4v) is 5.17. The molecule has 6 heteroatoms. The van der Waals surface area contributed by atoms with Gasteiger partial charge in [0.25, 0.3) is 0 Å². The van der Waals surface area contributed by atoms with Gasteiger partial charge in [0.2, 0.25) is 10.0 Å². The van der Waals surface area contributed by atoms with Crippen molar-refractivity contribution < 1.29 is 13.2 Å². The lowest BCUT2D eigenvalue weighted by atomic mass is 10.2. The maximum Gasteiger partial charge on any atom is 0.211 e. The van der Waals surface area contributed by atoms with Crippen LogP contribution in [0.4, 0.5) is 0 Å². The summed E-state index contributed by atoms with van der Waals surface area (Å²) in [6, 6.07) is 12.1. The molecule has 0 radical (unpaired) electrons. The van der Waals surface area contributed by atoms with Gasteiger partial charge in [0, 0.05) is 23.9 Å². The minimum atomic E-state index is -3.21. The number of hydrogen-bond acceptors (Lipinski definition) is 4. The molecule has 0 saturated heterocycles. The third-order valence-corrected chi connectivity index (χ3v) is 6.81. The molecule has 3 rings (SSSR count). The normalized spacial score (nSPS) is 15.8. The van der Waals surface area contributed by atoms with Crippen LogP contribution in [0.2, 0.25) is 0 Å². The Hall–Kier alpha value is -1.37. The van der Waals surface area contributed by atoms with Crippen molar-refractivity contribution in [3.8, 4) is 5.75 Å². The summed E-state index contributed by atoms with van der Waals surface area (Å²) in [4.78, 5) is 1.31. The lowest BCUT2D eigenvalue weighted by Gasteiger charge is -2.26. The second kappa shape index (κ2) is 8.34. The van der Waals surface area contributed by atoms with Crippen LogP contribution in [0.5, 0.6) is 5.75 Å². The van der Waals surface area contributed by atoms with Crippen LogP contribution in [0.25, 0.3) is 0 Å². The van der Waals surface area contributed by atoms with E-state index in [0.29, 0.717) is 13.2 Å². The number of rotatable bonds is 8. The van der Waals surface area contributed by atoms with E-state index < -0.39 is 10.0 Å². The smallest absolute Gasteiger partial charge is 0.211 e. The summed E-state index contributed by atoms with van der Waals surface area (Å²) in [6.45, 7) is 1.05. The van der Waals surface area contributed by atoms with E-state index in [9.17, 15) is 8.42 Å². The molecule has 0 unspecified atom stereocenters. The van der Waals surface area contributed by atoms with Gasteiger partial charge in [-0.3, -0.25) is 0 Å². The Morgan fingerprint density at radius 1 is 1.20 bits per heavy atom. The summed E-state index contributed by atoms with van der Waals surface area (Å²) < 4.78 is 31.9. The summed E-state index contributed by atoms with van der Waals surface area (Å²) in [5.41, 5.74) is 0.978. The second-order valence-corrected chi connectivity index (χ2v) is 9.54. The van der Waals surface area contributed by atoms with Gasteiger partial charge in [-0.2, -0.15) is 4.31 Å². The van der Waals surface area contributed by atoms with Gasteiger partial charge in [0.15, 0.2) is 0 Å². The van der Waals surface area contributed by atoms with Crippen LogP contribution in [-0.4, -0.2) is 31.6 Å². The lowest BCUT2D eigenvalue weighted by Crippen LogP contribution is -2.37. The first-order chi connectivity index (χ1) is 12.0. The molecule has 0 spiro atoms. The molecule has 0 aliphatic heterocycles. The third-order valence-electron chi connectivity index (χ3n) is 4.59. The number of benzene rings is 1. The first kappa shape index (κ1) is 18.4. The molecule has 1 aliphatic rings. The van der Waals surface area contributed by atoms with Crippen LogP contribution >= 0.6 is 11.3 Å². The van der Waals surface area contributed by atoms with Crippen LogP contribution in [0.15, 0.2) is 41.8 Å². The van der Waals surface area contributed by atoms with Gasteiger partial charge in [-0.1, -0.05) is 31.0 Å². The van der Waals surface area contributed by atoms with Gasteiger partial charge < -0.3 is 4.74 Å². The van der Waals surface area contributed by atoms with E-state index in [1.165, 1.54) is 11.1 Å². The summed E-state index contributed by atoms with van der Waals surface area (Å²) in [5, 5.41) is 2.07. The molecule has 1 aliphatic carbocycles. The zero-order chi connectivity index (χ0) is 17.7. The molecular formula is C19H25NO3S2. The van der Waals surface area contributed by atoms with E-state index in [0.717, 1.165) is 43.4 Å². The van der Waals surface area contributed by atoms with E-state index in [2.05, 4.69) is 11.4 Å². The van der Waals surface area contributed by atoms with Gasteiger partial charge in [0.1, 0.15) is 5.75 Å². The maximum atomic E-state index is 12.2. The number of hydrogen-bond donors (Lipinski definition) is 0. The van der Waals surface area contributed by atoms with Gasteiger partial charge in [-0.15, -0.1) is 11.3 Å². The average molecular weight is 380 g/mol. The number of nitrogens with zero attached hydrogens (tertiary/aromatic N) is 1. The molecular weight excluding hydrogens is 354 g/mol. The van der Waals surface area contributed by atoms with Gasteiger partial charge in [-0.25, -0.2) is 8.42 Å².